The van der Waals surface area contributed by atoms with Crippen molar-refractivity contribution in [1.82, 2.24) is 19.6 Å². The second kappa shape index (κ2) is 17.9. The number of nitrogens with zero attached hydrogens (tertiary/aromatic N) is 4. The first kappa shape index (κ1) is 42.7. The molecule has 14 rings (SSSR count). The van der Waals surface area contributed by atoms with Crippen LogP contribution in [-0.2, 0) is 0 Å². The maximum absolute atomic E-state index is 3.48. The van der Waals surface area contributed by atoms with Gasteiger partial charge in [-0.3, -0.25) is 19.6 Å². The molecule has 0 aromatic rings. The zero-order valence-electron chi connectivity index (χ0n) is 41.4. The van der Waals surface area contributed by atoms with Gasteiger partial charge in [0.15, 0.2) is 0 Å². The first-order valence-corrected chi connectivity index (χ1v) is 30.9. The van der Waals surface area contributed by atoms with Gasteiger partial charge in [0.05, 0.1) is 0 Å². The standard InChI is InChI=1S/C60H98N4/c1-9-25-53-45(17-1)46-18-2-10-26-54(46)61(53)41-33-39(34-42(37-41)62-55-27-11-3-19-47(55)48-20-4-12-28-56(48)62)40-35-43(63-57-29-13-5-21-49(57)50-22-6-14-30-58(50)63)38-44(36-40)64-59-31-15-7-23-51(59)52-24-8-16-32-60(52)64/h39-60H,1-38H2. The highest BCUT2D eigenvalue weighted by Gasteiger charge is 2.60. The molecular formula is C60H98N4. The molecule has 10 saturated carbocycles. The normalized spacial score (nSPS) is 54.8. The number of likely N-dealkylation sites (tertiary alicyclic amines) is 4. The SMILES string of the molecule is C1CCC2C(C1)C1CCCCC1N2C1CC(C2CC(N3C4CCCCC4C4CCCCC43)CC(N3C4CCCCC4C4CCCCC43)C2)CC(N2C3CCCCC3C3CCCCC32)C1. The summed E-state index contributed by atoms with van der Waals surface area (Å²) in [6.45, 7) is 0. The molecule has 4 saturated heterocycles. The summed E-state index contributed by atoms with van der Waals surface area (Å²) in [6, 6.07) is 11.0. The Morgan fingerprint density at radius 3 is 0.500 bits per heavy atom. The van der Waals surface area contributed by atoms with E-state index < -0.39 is 0 Å². The van der Waals surface area contributed by atoms with E-state index in [-0.39, 0.29) is 0 Å². The molecular weight excluding hydrogens is 777 g/mol. The molecule has 0 N–H and O–H groups in total. The van der Waals surface area contributed by atoms with Crippen LogP contribution in [0.25, 0.3) is 0 Å². The number of fused-ring (bicyclic) bond motifs is 12. The van der Waals surface area contributed by atoms with Crippen LogP contribution in [-0.4, -0.2) is 92.1 Å². The van der Waals surface area contributed by atoms with Crippen molar-refractivity contribution >= 4 is 0 Å². The fraction of sp³-hybridized carbons (Fsp3) is 1.00. The van der Waals surface area contributed by atoms with Crippen LogP contribution in [0.3, 0.4) is 0 Å². The maximum Gasteiger partial charge on any atom is 0.0133 e. The first-order chi connectivity index (χ1) is 31.8. The molecule has 4 heterocycles. The molecule has 4 heteroatoms. The summed E-state index contributed by atoms with van der Waals surface area (Å²) < 4.78 is 0. The summed E-state index contributed by atoms with van der Waals surface area (Å²) >= 11 is 0. The molecule has 0 amide bonds. The molecule has 0 aromatic heterocycles. The van der Waals surface area contributed by atoms with E-state index in [9.17, 15) is 0 Å². The van der Waals surface area contributed by atoms with Crippen molar-refractivity contribution in [2.24, 2.45) is 59.2 Å². The van der Waals surface area contributed by atoms with Crippen LogP contribution in [0, 0.1) is 59.2 Å². The van der Waals surface area contributed by atoms with Gasteiger partial charge in [0.1, 0.15) is 0 Å². The molecule has 0 radical (unpaired) electrons. The van der Waals surface area contributed by atoms with Crippen LogP contribution >= 0.6 is 0 Å². The third-order valence-corrected chi connectivity index (χ3v) is 25.3. The Morgan fingerprint density at radius 2 is 0.328 bits per heavy atom. The van der Waals surface area contributed by atoms with Crippen LogP contribution in [0.2, 0.25) is 0 Å². The fourth-order valence-electron chi connectivity index (χ4n) is 23.6. The van der Waals surface area contributed by atoms with Gasteiger partial charge in [-0.15, -0.1) is 0 Å². The quantitative estimate of drug-likeness (QED) is 0.273. The molecule has 10 aliphatic carbocycles. The minimum absolute atomic E-state index is 0.875. The average molecular weight is 875 g/mol. The maximum atomic E-state index is 3.48. The van der Waals surface area contributed by atoms with E-state index in [0.717, 1.165) is 132 Å². The molecule has 0 bridgehead atoms. The van der Waals surface area contributed by atoms with E-state index in [4.69, 9.17) is 0 Å². The lowest BCUT2D eigenvalue weighted by atomic mass is 9.66. The second-order valence-corrected chi connectivity index (χ2v) is 27.5. The predicted molar refractivity (Wildman–Crippen MR) is 263 cm³/mol. The van der Waals surface area contributed by atoms with Gasteiger partial charge in [-0.2, -0.15) is 0 Å². The van der Waals surface area contributed by atoms with Gasteiger partial charge >= 0.3 is 0 Å². The Labute approximate surface area is 393 Å². The smallest absolute Gasteiger partial charge is 0.0133 e. The Bertz CT molecular complexity index is 1300. The van der Waals surface area contributed by atoms with Crippen LogP contribution < -0.4 is 0 Å². The van der Waals surface area contributed by atoms with Gasteiger partial charge in [-0.1, -0.05) is 103 Å². The van der Waals surface area contributed by atoms with E-state index in [0.29, 0.717) is 0 Å². The minimum atomic E-state index is 0.875. The van der Waals surface area contributed by atoms with E-state index in [1.807, 2.05) is 0 Å². The molecule has 14 aliphatic rings. The average Bonchev–Trinajstić information content (AvgIpc) is 4.09. The zero-order chi connectivity index (χ0) is 41.9. The summed E-state index contributed by atoms with van der Waals surface area (Å²) in [5, 5.41) is 0. The highest BCUT2D eigenvalue weighted by molar-refractivity contribution is 5.14. The molecule has 4 aliphatic heterocycles. The highest BCUT2D eigenvalue weighted by Crippen LogP contribution is 2.59. The molecule has 0 spiro atoms. The first-order valence-electron chi connectivity index (χ1n) is 30.9. The number of rotatable bonds is 5. The number of hydrogen-bond acceptors (Lipinski definition) is 4. The van der Waals surface area contributed by atoms with Gasteiger partial charge in [0.25, 0.3) is 0 Å². The minimum Gasteiger partial charge on any atom is -0.294 e. The van der Waals surface area contributed by atoms with Gasteiger partial charge in [-0.05, 0) is 200 Å². The van der Waals surface area contributed by atoms with Crippen molar-refractivity contribution in [2.75, 3.05) is 0 Å². The lowest BCUT2D eigenvalue weighted by molar-refractivity contribution is -0.0486. The highest BCUT2D eigenvalue weighted by atomic mass is 15.3. The third-order valence-electron chi connectivity index (χ3n) is 25.3. The Morgan fingerprint density at radius 1 is 0.172 bits per heavy atom. The Kier molecular flexibility index (Phi) is 11.9. The zero-order valence-corrected chi connectivity index (χ0v) is 41.4. The van der Waals surface area contributed by atoms with Gasteiger partial charge in [-0.25, -0.2) is 0 Å². The summed E-state index contributed by atoms with van der Waals surface area (Å²) in [7, 11) is 0. The molecule has 20 atom stereocenters. The third kappa shape index (κ3) is 7.08. The Balaban J connectivity index is 0.844. The molecule has 358 valence electrons. The lowest BCUT2D eigenvalue weighted by Gasteiger charge is -2.55. The van der Waals surface area contributed by atoms with Crippen molar-refractivity contribution < 1.29 is 0 Å². The predicted octanol–water partition coefficient (Wildman–Crippen LogP) is 13.8. The monoisotopic (exact) mass is 875 g/mol. The van der Waals surface area contributed by atoms with Crippen LogP contribution in [0.1, 0.15) is 244 Å². The summed E-state index contributed by atoms with van der Waals surface area (Å²) in [6.07, 6.45) is 59.1. The van der Waals surface area contributed by atoms with E-state index >= 15 is 0 Å². The molecule has 14 fully saturated rings. The van der Waals surface area contributed by atoms with Crippen LogP contribution in [0.5, 0.6) is 0 Å². The second-order valence-electron chi connectivity index (χ2n) is 27.5. The molecule has 20 unspecified atom stereocenters. The van der Waals surface area contributed by atoms with Crippen molar-refractivity contribution in [2.45, 2.75) is 316 Å². The fourth-order valence-corrected chi connectivity index (χ4v) is 23.6. The molecule has 4 nitrogen and oxygen atoms in total. The largest absolute Gasteiger partial charge is 0.294 e. The summed E-state index contributed by atoms with van der Waals surface area (Å²) in [5.41, 5.74) is 0. The van der Waals surface area contributed by atoms with Crippen molar-refractivity contribution in [3.8, 4) is 0 Å². The van der Waals surface area contributed by atoms with Crippen molar-refractivity contribution in [3.63, 3.8) is 0 Å². The van der Waals surface area contributed by atoms with Gasteiger partial charge in [0, 0.05) is 72.5 Å². The van der Waals surface area contributed by atoms with Crippen LogP contribution in [0.4, 0.5) is 0 Å². The molecule has 0 aromatic carbocycles. The van der Waals surface area contributed by atoms with E-state index in [1.54, 1.807) is 193 Å². The Hall–Kier alpha value is -0.160. The molecule has 64 heavy (non-hydrogen) atoms. The van der Waals surface area contributed by atoms with E-state index in [2.05, 4.69) is 19.6 Å². The van der Waals surface area contributed by atoms with Crippen molar-refractivity contribution in [3.05, 3.63) is 0 Å². The topological polar surface area (TPSA) is 13.0 Å². The van der Waals surface area contributed by atoms with Crippen LogP contribution in [0.15, 0.2) is 0 Å². The van der Waals surface area contributed by atoms with Gasteiger partial charge in [0.2, 0.25) is 0 Å². The number of hydrogen-bond donors (Lipinski definition) is 0. The lowest BCUT2D eigenvalue weighted by Crippen LogP contribution is -2.59. The summed E-state index contributed by atoms with van der Waals surface area (Å²) in [5.74, 6) is 10.3. The van der Waals surface area contributed by atoms with Crippen molar-refractivity contribution in [1.29, 1.82) is 0 Å². The van der Waals surface area contributed by atoms with E-state index in [1.165, 1.54) is 51.4 Å². The summed E-state index contributed by atoms with van der Waals surface area (Å²) in [4.78, 5) is 13.9. The van der Waals surface area contributed by atoms with Gasteiger partial charge < -0.3 is 0 Å².